The van der Waals surface area contributed by atoms with Crippen LogP contribution in [0.5, 0.6) is 0 Å². The Hall–Kier alpha value is -1.79. The van der Waals surface area contributed by atoms with Gasteiger partial charge < -0.3 is 11.1 Å². The van der Waals surface area contributed by atoms with Gasteiger partial charge in [0.1, 0.15) is 0 Å². The van der Waals surface area contributed by atoms with E-state index in [0.29, 0.717) is 18.5 Å². The fourth-order valence-corrected chi connectivity index (χ4v) is 2.87. The number of nitrogens with two attached hydrogens (primary N) is 1. The third-order valence-electron chi connectivity index (χ3n) is 4.24. The Kier molecular flexibility index (Phi) is 5.41. The molecule has 0 saturated heterocycles. The molecule has 1 aliphatic carbocycles. The second-order valence-electron chi connectivity index (χ2n) is 5.88. The molecular weight excluding hydrogens is 260 g/mol. The first-order chi connectivity index (χ1) is 10.1. The van der Waals surface area contributed by atoms with Crippen LogP contribution in [0.25, 0.3) is 0 Å². The van der Waals surface area contributed by atoms with Crippen LogP contribution in [0.4, 0.5) is 0 Å². The number of benzene rings is 1. The summed E-state index contributed by atoms with van der Waals surface area (Å²) in [4.78, 5) is 12.5. The van der Waals surface area contributed by atoms with Crippen LogP contribution in [0.1, 0.15) is 54.1 Å². The van der Waals surface area contributed by atoms with Crippen molar-refractivity contribution in [3.63, 3.8) is 0 Å². The summed E-state index contributed by atoms with van der Waals surface area (Å²) < 4.78 is 0. The van der Waals surface area contributed by atoms with Gasteiger partial charge in [-0.25, -0.2) is 0 Å². The minimum absolute atomic E-state index is 0.0163. The topological polar surface area (TPSA) is 55.1 Å². The van der Waals surface area contributed by atoms with E-state index in [9.17, 15) is 4.79 Å². The minimum Gasteiger partial charge on any atom is -0.349 e. The van der Waals surface area contributed by atoms with E-state index in [1.54, 1.807) is 0 Å². The van der Waals surface area contributed by atoms with Crippen LogP contribution in [0.2, 0.25) is 0 Å². The molecule has 0 aromatic heterocycles. The van der Waals surface area contributed by atoms with E-state index in [1.807, 2.05) is 25.1 Å². The molecule has 0 radical (unpaired) electrons. The lowest BCUT2D eigenvalue weighted by atomic mass is 9.85. The van der Waals surface area contributed by atoms with E-state index in [1.165, 1.54) is 19.3 Å². The highest BCUT2D eigenvalue weighted by molar-refractivity contribution is 5.96. The Morgan fingerprint density at radius 2 is 2.14 bits per heavy atom. The molecule has 2 unspecified atom stereocenters. The van der Waals surface area contributed by atoms with Crippen LogP contribution in [0.3, 0.4) is 0 Å². The highest BCUT2D eigenvalue weighted by Gasteiger charge is 2.23. The molecule has 1 fully saturated rings. The molecule has 2 rings (SSSR count). The number of aryl methyl sites for hydroxylation is 1. The Labute approximate surface area is 127 Å². The monoisotopic (exact) mass is 284 g/mol. The summed E-state index contributed by atoms with van der Waals surface area (Å²) in [6.45, 7) is 4.51. The summed E-state index contributed by atoms with van der Waals surface area (Å²) in [5.74, 6) is 6.38. The Morgan fingerprint density at radius 3 is 2.86 bits per heavy atom. The third kappa shape index (κ3) is 4.09. The SMILES string of the molecule is Cc1ccc(C#CCN)cc1C(=O)NC1CCCCC1C. The lowest BCUT2D eigenvalue weighted by Crippen LogP contribution is -2.41. The van der Waals surface area contributed by atoms with E-state index in [0.717, 1.165) is 23.1 Å². The van der Waals surface area contributed by atoms with Gasteiger partial charge >= 0.3 is 0 Å². The Morgan fingerprint density at radius 1 is 1.38 bits per heavy atom. The van der Waals surface area contributed by atoms with Crippen LogP contribution < -0.4 is 11.1 Å². The number of carbonyl (C=O) groups is 1. The summed E-state index contributed by atoms with van der Waals surface area (Å²) in [5, 5.41) is 3.20. The molecular formula is C18H24N2O. The van der Waals surface area contributed by atoms with E-state index >= 15 is 0 Å². The fourth-order valence-electron chi connectivity index (χ4n) is 2.87. The van der Waals surface area contributed by atoms with Crippen molar-refractivity contribution in [3.05, 3.63) is 34.9 Å². The zero-order valence-corrected chi connectivity index (χ0v) is 12.9. The van der Waals surface area contributed by atoms with Gasteiger partial charge in [-0.3, -0.25) is 4.79 Å². The van der Waals surface area contributed by atoms with Crippen molar-refractivity contribution in [2.45, 2.75) is 45.6 Å². The lowest BCUT2D eigenvalue weighted by molar-refractivity contribution is 0.0909. The van der Waals surface area contributed by atoms with Crippen molar-refractivity contribution >= 4 is 5.91 Å². The highest BCUT2D eigenvalue weighted by atomic mass is 16.1. The maximum absolute atomic E-state index is 12.5. The summed E-state index contributed by atoms with van der Waals surface area (Å²) >= 11 is 0. The van der Waals surface area contributed by atoms with Gasteiger partial charge in [-0.15, -0.1) is 0 Å². The second-order valence-corrected chi connectivity index (χ2v) is 5.88. The van der Waals surface area contributed by atoms with Gasteiger partial charge in [0.25, 0.3) is 5.91 Å². The first-order valence-electron chi connectivity index (χ1n) is 7.72. The fraction of sp³-hybridized carbons (Fsp3) is 0.500. The largest absolute Gasteiger partial charge is 0.349 e. The summed E-state index contributed by atoms with van der Waals surface area (Å²) in [5.41, 5.74) is 7.93. The molecule has 3 heteroatoms. The molecule has 1 saturated carbocycles. The van der Waals surface area contributed by atoms with Crippen molar-refractivity contribution < 1.29 is 4.79 Å². The standard InChI is InChI=1S/C18H24N2O/c1-13-9-10-15(7-5-11-19)12-16(13)18(21)20-17-8-4-3-6-14(17)2/h9-10,12,14,17H,3-4,6,8,11,19H2,1-2H3,(H,20,21). The smallest absolute Gasteiger partial charge is 0.251 e. The van der Waals surface area contributed by atoms with Crippen LogP contribution in [-0.4, -0.2) is 18.5 Å². The average molecular weight is 284 g/mol. The number of amides is 1. The molecule has 3 N–H and O–H groups in total. The van der Waals surface area contributed by atoms with Crippen molar-refractivity contribution in [2.75, 3.05) is 6.54 Å². The summed E-state index contributed by atoms with van der Waals surface area (Å²) in [6, 6.07) is 6.03. The lowest BCUT2D eigenvalue weighted by Gasteiger charge is -2.29. The molecule has 0 bridgehead atoms. The Balaban J connectivity index is 2.14. The molecule has 1 amide bonds. The molecule has 112 valence electrons. The minimum atomic E-state index is 0.0163. The summed E-state index contributed by atoms with van der Waals surface area (Å²) in [7, 11) is 0. The molecule has 0 spiro atoms. The van der Waals surface area contributed by atoms with E-state index in [-0.39, 0.29) is 5.91 Å². The number of rotatable bonds is 2. The van der Waals surface area contributed by atoms with E-state index in [4.69, 9.17) is 5.73 Å². The van der Waals surface area contributed by atoms with Crippen molar-refractivity contribution in [2.24, 2.45) is 11.7 Å². The maximum atomic E-state index is 12.5. The first-order valence-corrected chi connectivity index (χ1v) is 7.72. The number of hydrogen-bond acceptors (Lipinski definition) is 2. The van der Waals surface area contributed by atoms with Crippen molar-refractivity contribution in [1.29, 1.82) is 0 Å². The van der Waals surface area contributed by atoms with Gasteiger partial charge in [0.15, 0.2) is 0 Å². The predicted molar refractivity (Wildman–Crippen MR) is 86.0 cm³/mol. The molecule has 3 nitrogen and oxygen atoms in total. The molecule has 0 heterocycles. The van der Waals surface area contributed by atoms with Gasteiger partial charge in [-0.05, 0) is 43.4 Å². The van der Waals surface area contributed by atoms with Gasteiger partial charge in [-0.1, -0.05) is 37.7 Å². The third-order valence-corrected chi connectivity index (χ3v) is 4.24. The van der Waals surface area contributed by atoms with Crippen LogP contribution in [0.15, 0.2) is 18.2 Å². The van der Waals surface area contributed by atoms with Gasteiger partial charge in [0.05, 0.1) is 6.54 Å². The number of hydrogen-bond donors (Lipinski definition) is 2. The quantitative estimate of drug-likeness (QED) is 0.820. The van der Waals surface area contributed by atoms with E-state index in [2.05, 4.69) is 24.1 Å². The van der Waals surface area contributed by atoms with Crippen LogP contribution >= 0.6 is 0 Å². The first kappa shape index (κ1) is 15.6. The molecule has 2 atom stereocenters. The van der Waals surface area contributed by atoms with Gasteiger partial charge in [0.2, 0.25) is 0 Å². The Bertz CT molecular complexity index is 568. The van der Waals surface area contributed by atoms with E-state index < -0.39 is 0 Å². The average Bonchev–Trinajstić information content (AvgIpc) is 2.48. The summed E-state index contributed by atoms with van der Waals surface area (Å²) in [6.07, 6.45) is 4.76. The van der Waals surface area contributed by atoms with Gasteiger partial charge in [0, 0.05) is 17.2 Å². The maximum Gasteiger partial charge on any atom is 0.251 e. The zero-order valence-electron chi connectivity index (χ0n) is 12.9. The van der Waals surface area contributed by atoms with Crippen LogP contribution in [0, 0.1) is 24.7 Å². The van der Waals surface area contributed by atoms with Crippen LogP contribution in [-0.2, 0) is 0 Å². The number of nitrogens with one attached hydrogen (secondary N) is 1. The predicted octanol–water partition coefficient (Wildman–Crippen LogP) is 2.61. The number of carbonyl (C=O) groups excluding carboxylic acids is 1. The molecule has 1 aliphatic rings. The second kappa shape index (κ2) is 7.28. The van der Waals surface area contributed by atoms with Gasteiger partial charge in [-0.2, -0.15) is 0 Å². The van der Waals surface area contributed by atoms with Crippen molar-refractivity contribution in [1.82, 2.24) is 5.32 Å². The molecule has 0 aliphatic heterocycles. The zero-order chi connectivity index (χ0) is 15.2. The normalized spacial score (nSPS) is 21.3. The molecule has 1 aromatic rings. The molecule has 1 aromatic carbocycles. The molecule has 21 heavy (non-hydrogen) atoms. The highest BCUT2D eigenvalue weighted by Crippen LogP contribution is 2.24. The van der Waals surface area contributed by atoms with Crippen molar-refractivity contribution in [3.8, 4) is 11.8 Å².